The van der Waals surface area contributed by atoms with Crippen LogP contribution in [0.15, 0.2) is 34.2 Å². The van der Waals surface area contributed by atoms with Crippen molar-refractivity contribution in [2.24, 2.45) is 0 Å². The fourth-order valence-electron chi connectivity index (χ4n) is 1.90. The highest BCUT2D eigenvalue weighted by molar-refractivity contribution is 9.10. The Bertz CT molecular complexity index is 529. The molecule has 2 aromatic rings. The van der Waals surface area contributed by atoms with Gasteiger partial charge in [-0.25, -0.2) is 4.98 Å². The molecule has 0 radical (unpaired) electrons. The molecule has 1 aromatic heterocycles. The maximum absolute atomic E-state index is 5.73. The van der Waals surface area contributed by atoms with Crippen LogP contribution in [0.3, 0.4) is 0 Å². The Morgan fingerprint density at radius 1 is 1.35 bits per heavy atom. The van der Waals surface area contributed by atoms with E-state index in [1.165, 1.54) is 0 Å². The molecule has 2 heterocycles. The molecule has 17 heavy (non-hydrogen) atoms. The number of nitrogens with zero attached hydrogens (tertiary/aromatic N) is 2. The van der Waals surface area contributed by atoms with Gasteiger partial charge in [-0.2, -0.15) is 0 Å². The summed E-state index contributed by atoms with van der Waals surface area (Å²) >= 11 is 5.04. The first kappa shape index (κ1) is 11.0. The lowest BCUT2D eigenvalue weighted by Gasteiger charge is -2.20. The topological polar surface area (TPSA) is 25.4 Å². The van der Waals surface area contributed by atoms with E-state index in [0.29, 0.717) is 0 Å². The number of thiazole rings is 1. The molecular formula is C12H11BrN2OS. The van der Waals surface area contributed by atoms with Crippen molar-refractivity contribution in [1.82, 2.24) is 4.98 Å². The first-order valence-electron chi connectivity index (χ1n) is 5.45. The van der Waals surface area contributed by atoms with Gasteiger partial charge in [0.1, 0.15) is 10.4 Å². The quantitative estimate of drug-likeness (QED) is 0.800. The van der Waals surface area contributed by atoms with Crippen LogP contribution in [0.2, 0.25) is 0 Å². The van der Waals surface area contributed by atoms with E-state index in [4.69, 9.17) is 4.74 Å². The second-order valence-electron chi connectivity index (χ2n) is 3.77. The molecule has 0 unspecified atom stereocenters. The molecule has 1 aliphatic heterocycles. The number of hydrogen-bond acceptors (Lipinski definition) is 4. The Morgan fingerprint density at radius 3 is 3.06 bits per heavy atom. The average Bonchev–Trinajstić information content (AvgIpc) is 2.66. The van der Waals surface area contributed by atoms with Gasteiger partial charge < -0.3 is 9.64 Å². The van der Waals surface area contributed by atoms with Gasteiger partial charge >= 0.3 is 0 Å². The fourth-order valence-corrected chi connectivity index (χ4v) is 3.18. The molecule has 88 valence electrons. The van der Waals surface area contributed by atoms with Gasteiger partial charge in [0, 0.05) is 11.9 Å². The zero-order valence-corrected chi connectivity index (χ0v) is 11.5. The SMILES string of the molecule is Brc1csc(N2CCCOc3ccccc32)n1. The Labute approximate surface area is 112 Å². The number of rotatable bonds is 1. The number of halogens is 1. The molecule has 0 N–H and O–H groups in total. The van der Waals surface area contributed by atoms with Crippen molar-refractivity contribution in [3.05, 3.63) is 34.2 Å². The molecular weight excluding hydrogens is 300 g/mol. The Balaban J connectivity index is 2.05. The standard InChI is InChI=1S/C12H11BrN2OS/c13-11-8-17-12(14-11)15-6-3-7-16-10-5-2-1-4-9(10)15/h1-2,4-5,8H,3,6-7H2. The summed E-state index contributed by atoms with van der Waals surface area (Å²) in [5, 5.41) is 3.01. The highest BCUT2D eigenvalue weighted by Gasteiger charge is 2.19. The van der Waals surface area contributed by atoms with Gasteiger partial charge in [0.25, 0.3) is 0 Å². The maximum Gasteiger partial charge on any atom is 0.191 e. The van der Waals surface area contributed by atoms with Crippen LogP contribution in [0.4, 0.5) is 10.8 Å². The normalized spacial score (nSPS) is 15.0. The number of anilines is 2. The molecule has 0 atom stereocenters. The third-order valence-electron chi connectivity index (χ3n) is 2.63. The van der Waals surface area contributed by atoms with Crippen LogP contribution in [-0.2, 0) is 0 Å². The van der Waals surface area contributed by atoms with Crippen molar-refractivity contribution in [2.75, 3.05) is 18.1 Å². The second kappa shape index (κ2) is 4.66. The van der Waals surface area contributed by atoms with Crippen LogP contribution in [-0.4, -0.2) is 18.1 Å². The number of para-hydroxylation sites is 2. The van der Waals surface area contributed by atoms with Crippen LogP contribution in [0, 0.1) is 0 Å². The first-order chi connectivity index (χ1) is 8.34. The Kier molecular flexibility index (Phi) is 3.03. The third kappa shape index (κ3) is 2.17. The summed E-state index contributed by atoms with van der Waals surface area (Å²) in [4.78, 5) is 6.70. The summed E-state index contributed by atoms with van der Waals surface area (Å²) in [6.45, 7) is 1.71. The van der Waals surface area contributed by atoms with E-state index < -0.39 is 0 Å². The lowest BCUT2D eigenvalue weighted by molar-refractivity contribution is 0.322. The molecule has 0 spiro atoms. The monoisotopic (exact) mass is 310 g/mol. The minimum atomic E-state index is 0.764. The van der Waals surface area contributed by atoms with Gasteiger partial charge in [-0.05, 0) is 34.5 Å². The molecule has 0 amide bonds. The van der Waals surface area contributed by atoms with Crippen molar-refractivity contribution >= 4 is 38.1 Å². The van der Waals surface area contributed by atoms with Gasteiger partial charge in [0.15, 0.2) is 5.13 Å². The largest absolute Gasteiger partial charge is 0.491 e. The molecule has 1 aliphatic rings. The van der Waals surface area contributed by atoms with Crippen molar-refractivity contribution in [3.63, 3.8) is 0 Å². The van der Waals surface area contributed by atoms with E-state index in [-0.39, 0.29) is 0 Å². The lowest BCUT2D eigenvalue weighted by Crippen LogP contribution is -2.17. The minimum Gasteiger partial charge on any atom is -0.491 e. The zero-order valence-electron chi connectivity index (χ0n) is 9.10. The molecule has 0 aliphatic carbocycles. The fraction of sp³-hybridized carbons (Fsp3) is 0.250. The molecule has 0 saturated carbocycles. The number of ether oxygens (including phenoxy) is 1. The molecule has 3 rings (SSSR count). The second-order valence-corrected chi connectivity index (χ2v) is 5.42. The van der Waals surface area contributed by atoms with E-state index >= 15 is 0 Å². The molecule has 0 saturated heterocycles. The van der Waals surface area contributed by atoms with E-state index in [9.17, 15) is 0 Å². The van der Waals surface area contributed by atoms with Crippen molar-refractivity contribution in [1.29, 1.82) is 0 Å². The van der Waals surface area contributed by atoms with E-state index in [1.54, 1.807) is 11.3 Å². The van der Waals surface area contributed by atoms with Crippen LogP contribution >= 0.6 is 27.3 Å². The van der Waals surface area contributed by atoms with Gasteiger partial charge in [-0.15, -0.1) is 11.3 Å². The number of aromatic nitrogens is 1. The predicted octanol–water partition coefficient (Wildman–Crippen LogP) is 3.83. The molecule has 1 aromatic carbocycles. The van der Waals surface area contributed by atoms with Crippen molar-refractivity contribution in [2.45, 2.75) is 6.42 Å². The Hall–Kier alpha value is -1.07. The van der Waals surface area contributed by atoms with Gasteiger partial charge in [0.05, 0.1) is 12.3 Å². The summed E-state index contributed by atoms with van der Waals surface area (Å²) < 4.78 is 6.62. The predicted molar refractivity (Wildman–Crippen MR) is 73.4 cm³/mol. The van der Waals surface area contributed by atoms with Crippen molar-refractivity contribution in [3.8, 4) is 5.75 Å². The number of hydrogen-bond donors (Lipinski definition) is 0. The van der Waals surface area contributed by atoms with Crippen LogP contribution in [0.5, 0.6) is 5.75 Å². The van der Waals surface area contributed by atoms with E-state index in [1.807, 2.05) is 23.6 Å². The summed E-state index contributed by atoms with van der Waals surface area (Å²) in [6.07, 6.45) is 1.01. The van der Waals surface area contributed by atoms with E-state index in [2.05, 4.69) is 31.9 Å². The van der Waals surface area contributed by atoms with Gasteiger partial charge in [-0.1, -0.05) is 12.1 Å². The maximum atomic E-state index is 5.73. The highest BCUT2D eigenvalue weighted by Crippen LogP contribution is 2.37. The highest BCUT2D eigenvalue weighted by atomic mass is 79.9. The average molecular weight is 311 g/mol. The zero-order chi connectivity index (χ0) is 11.7. The molecule has 5 heteroatoms. The van der Waals surface area contributed by atoms with Crippen LogP contribution in [0.25, 0.3) is 0 Å². The summed E-state index contributed by atoms with van der Waals surface area (Å²) in [5.74, 6) is 0.941. The first-order valence-corrected chi connectivity index (χ1v) is 7.12. The third-order valence-corrected chi connectivity index (χ3v) is 4.21. The Morgan fingerprint density at radius 2 is 2.24 bits per heavy atom. The number of fused-ring (bicyclic) bond motifs is 1. The van der Waals surface area contributed by atoms with Crippen LogP contribution in [0.1, 0.15) is 6.42 Å². The summed E-state index contributed by atoms with van der Waals surface area (Å²) in [5.41, 5.74) is 1.10. The lowest BCUT2D eigenvalue weighted by atomic mass is 10.2. The molecule has 0 bridgehead atoms. The number of benzene rings is 1. The minimum absolute atomic E-state index is 0.764. The van der Waals surface area contributed by atoms with Crippen LogP contribution < -0.4 is 9.64 Å². The van der Waals surface area contributed by atoms with E-state index in [0.717, 1.165) is 40.7 Å². The van der Waals surface area contributed by atoms with Crippen molar-refractivity contribution < 1.29 is 4.74 Å². The summed E-state index contributed by atoms with van der Waals surface area (Å²) in [7, 11) is 0. The van der Waals surface area contributed by atoms with Gasteiger partial charge in [0.2, 0.25) is 0 Å². The molecule has 0 fully saturated rings. The smallest absolute Gasteiger partial charge is 0.191 e. The molecule has 3 nitrogen and oxygen atoms in total. The summed E-state index contributed by atoms with van der Waals surface area (Å²) in [6, 6.07) is 8.12. The van der Waals surface area contributed by atoms with Gasteiger partial charge in [-0.3, -0.25) is 0 Å².